The maximum Gasteiger partial charge on any atom is 0.410 e. The highest BCUT2D eigenvalue weighted by molar-refractivity contribution is 5.70. The number of nitriles is 1. The van der Waals surface area contributed by atoms with Crippen LogP contribution in [0.3, 0.4) is 0 Å². The average Bonchev–Trinajstić information content (AvgIpc) is 3.47. The van der Waals surface area contributed by atoms with Crippen molar-refractivity contribution >= 4 is 11.8 Å². The Bertz CT molecular complexity index is 1360. The van der Waals surface area contributed by atoms with E-state index in [0.29, 0.717) is 61.9 Å². The van der Waals surface area contributed by atoms with Crippen molar-refractivity contribution < 1.29 is 18.4 Å². The van der Waals surface area contributed by atoms with E-state index in [4.69, 9.17) is 9.26 Å². The molecule has 3 heterocycles. The zero-order chi connectivity index (χ0) is 26.2. The summed E-state index contributed by atoms with van der Waals surface area (Å²) in [7, 11) is 0. The number of hydrogen-bond acceptors (Lipinski definition) is 7. The van der Waals surface area contributed by atoms with E-state index in [9.17, 15) is 14.4 Å². The Balaban J connectivity index is 1.33. The van der Waals surface area contributed by atoms with E-state index in [0.717, 1.165) is 23.2 Å². The molecule has 2 aromatic carbocycles. The Morgan fingerprint density at radius 2 is 1.86 bits per heavy atom. The van der Waals surface area contributed by atoms with Crippen molar-refractivity contribution in [3.8, 4) is 28.9 Å². The number of ether oxygens (including phenoxy) is 1. The van der Waals surface area contributed by atoms with Gasteiger partial charge in [0.15, 0.2) is 0 Å². The Morgan fingerprint density at radius 3 is 2.57 bits per heavy atom. The molecule has 0 spiro atoms. The number of fused-ring (bicyclic) bond motifs is 1. The van der Waals surface area contributed by atoms with Gasteiger partial charge in [0.25, 0.3) is 5.89 Å². The Kier molecular flexibility index (Phi) is 6.59. The predicted molar refractivity (Wildman–Crippen MR) is 137 cm³/mol. The number of halogens is 1. The molecule has 1 atom stereocenters. The number of carbonyl (C=O) groups excluding carboxylic acids is 1. The standard InChI is InChI=1S/C28H30FN5O3/c1-28(2,3)36-27(35)33-11-8-18-4-5-20(14-19(18)9-12-33)25-31-26(37-32-25)21-6-7-24(22(15-21)16-30)34-13-10-23(29)17-34/h4-7,14-15,23H,8-13,17H2,1-3H3. The van der Waals surface area contributed by atoms with E-state index < -0.39 is 11.8 Å². The minimum atomic E-state index is -0.869. The molecule has 0 radical (unpaired) electrons. The monoisotopic (exact) mass is 503 g/mol. The summed E-state index contributed by atoms with van der Waals surface area (Å²) in [6, 6.07) is 13.6. The van der Waals surface area contributed by atoms with Crippen molar-refractivity contribution in [2.24, 2.45) is 0 Å². The van der Waals surface area contributed by atoms with Gasteiger partial charge < -0.3 is 19.1 Å². The summed E-state index contributed by atoms with van der Waals surface area (Å²) in [5.74, 6) is 0.766. The normalized spacial score (nSPS) is 17.8. The molecular weight excluding hydrogens is 473 g/mol. The molecule has 5 rings (SSSR count). The van der Waals surface area contributed by atoms with Gasteiger partial charge in [-0.3, -0.25) is 0 Å². The fourth-order valence-electron chi connectivity index (χ4n) is 4.80. The van der Waals surface area contributed by atoms with Gasteiger partial charge in [-0.25, -0.2) is 9.18 Å². The summed E-state index contributed by atoms with van der Waals surface area (Å²) in [5, 5.41) is 13.8. The fourth-order valence-corrected chi connectivity index (χ4v) is 4.80. The lowest BCUT2D eigenvalue weighted by molar-refractivity contribution is 0.0258. The first-order valence-electron chi connectivity index (χ1n) is 12.6. The second-order valence-corrected chi connectivity index (χ2v) is 10.5. The van der Waals surface area contributed by atoms with Crippen LogP contribution < -0.4 is 4.90 Å². The summed E-state index contributed by atoms with van der Waals surface area (Å²) in [4.78, 5) is 20.8. The smallest absolute Gasteiger partial charge is 0.410 e. The molecule has 1 saturated heterocycles. The van der Waals surface area contributed by atoms with Gasteiger partial charge in [-0.1, -0.05) is 17.3 Å². The molecule has 1 fully saturated rings. The van der Waals surface area contributed by atoms with Gasteiger partial charge in [-0.15, -0.1) is 0 Å². The molecule has 9 heteroatoms. The lowest BCUT2D eigenvalue weighted by Gasteiger charge is -2.26. The van der Waals surface area contributed by atoms with Crippen molar-refractivity contribution in [1.82, 2.24) is 15.0 Å². The van der Waals surface area contributed by atoms with Gasteiger partial charge in [0.2, 0.25) is 5.82 Å². The highest BCUT2D eigenvalue weighted by Crippen LogP contribution is 2.31. The van der Waals surface area contributed by atoms with E-state index >= 15 is 0 Å². The van der Waals surface area contributed by atoms with E-state index in [2.05, 4.69) is 22.3 Å². The SMILES string of the molecule is CC(C)(C)OC(=O)N1CCc2ccc(-c3noc(-c4ccc(N5CCC(F)C5)c(C#N)c4)n3)cc2CC1. The first-order chi connectivity index (χ1) is 17.7. The maximum atomic E-state index is 13.7. The largest absolute Gasteiger partial charge is 0.444 e. The van der Waals surface area contributed by atoms with Gasteiger partial charge in [0.05, 0.1) is 11.3 Å². The summed E-state index contributed by atoms with van der Waals surface area (Å²) >= 11 is 0. The number of anilines is 1. The molecule has 0 saturated carbocycles. The van der Waals surface area contributed by atoms with Gasteiger partial charge in [0.1, 0.15) is 17.8 Å². The van der Waals surface area contributed by atoms with E-state index in [1.165, 1.54) is 5.56 Å². The van der Waals surface area contributed by atoms with Crippen LogP contribution in [0.1, 0.15) is 43.9 Å². The Labute approximate surface area is 215 Å². The van der Waals surface area contributed by atoms with Crippen molar-refractivity contribution in [2.75, 3.05) is 31.1 Å². The van der Waals surface area contributed by atoms with Crippen LogP contribution in [-0.2, 0) is 17.6 Å². The van der Waals surface area contributed by atoms with Gasteiger partial charge in [-0.2, -0.15) is 10.2 Å². The topological polar surface area (TPSA) is 95.5 Å². The van der Waals surface area contributed by atoms with Crippen molar-refractivity contribution in [2.45, 2.75) is 51.8 Å². The van der Waals surface area contributed by atoms with Crippen LogP contribution in [0.4, 0.5) is 14.9 Å². The second kappa shape index (κ2) is 9.85. The minimum Gasteiger partial charge on any atom is -0.444 e. The summed E-state index contributed by atoms with van der Waals surface area (Å²) in [6.45, 7) is 7.67. The molecule has 0 bridgehead atoms. The molecule has 37 heavy (non-hydrogen) atoms. The summed E-state index contributed by atoms with van der Waals surface area (Å²) < 4.78 is 24.7. The van der Waals surface area contributed by atoms with E-state index in [1.807, 2.05) is 49.9 Å². The number of hydrogen-bond donors (Lipinski definition) is 0. The number of amides is 1. The molecule has 1 aromatic heterocycles. The highest BCUT2D eigenvalue weighted by atomic mass is 19.1. The van der Waals surface area contributed by atoms with Crippen LogP contribution in [0.5, 0.6) is 0 Å². The number of rotatable bonds is 3. The molecule has 2 aliphatic rings. The third-order valence-electron chi connectivity index (χ3n) is 6.68. The lowest BCUT2D eigenvalue weighted by atomic mass is 10.00. The van der Waals surface area contributed by atoms with Crippen LogP contribution in [0.15, 0.2) is 40.9 Å². The van der Waals surface area contributed by atoms with Crippen LogP contribution in [0, 0.1) is 11.3 Å². The number of alkyl halides is 1. The van der Waals surface area contributed by atoms with Gasteiger partial charge in [0, 0.05) is 37.3 Å². The number of carbonyl (C=O) groups is 1. The quantitative estimate of drug-likeness (QED) is 0.487. The van der Waals surface area contributed by atoms with Crippen LogP contribution in [0.2, 0.25) is 0 Å². The highest BCUT2D eigenvalue weighted by Gasteiger charge is 2.26. The van der Waals surface area contributed by atoms with E-state index in [1.54, 1.807) is 11.0 Å². The first-order valence-corrected chi connectivity index (χ1v) is 12.6. The first kappa shape index (κ1) is 24.8. The molecule has 8 nitrogen and oxygen atoms in total. The third-order valence-corrected chi connectivity index (χ3v) is 6.68. The molecule has 0 aliphatic carbocycles. The van der Waals surface area contributed by atoms with Gasteiger partial charge >= 0.3 is 6.09 Å². The van der Waals surface area contributed by atoms with Crippen LogP contribution in [0.25, 0.3) is 22.8 Å². The zero-order valence-corrected chi connectivity index (χ0v) is 21.3. The Hall–Kier alpha value is -3.93. The van der Waals surface area contributed by atoms with Crippen LogP contribution >= 0.6 is 0 Å². The average molecular weight is 504 g/mol. The summed E-state index contributed by atoms with van der Waals surface area (Å²) in [6.07, 6.45) is 0.761. The molecule has 1 unspecified atom stereocenters. The van der Waals surface area contributed by atoms with Crippen molar-refractivity contribution in [1.29, 1.82) is 5.26 Å². The second-order valence-electron chi connectivity index (χ2n) is 10.5. The maximum absolute atomic E-state index is 13.7. The molecule has 1 amide bonds. The van der Waals surface area contributed by atoms with Crippen molar-refractivity contribution in [3.05, 3.63) is 53.1 Å². The molecule has 2 aliphatic heterocycles. The molecule has 3 aromatic rings. The van der Waals surface area contributed by atoms with E-state index in [-0.39, 0.29) is 6.09 Å². The Morgan fingerprint density at radius 1 is 1.11 bits per heavy atom. The molecule has 0 N–H and O–H groups in total. The number of nitrogens with zero attached hydrogens (tertiary/aromatic N) is 5. The molecular formula is C28H30FN5O3. The minimum absolute atomic E-state index is 0.291. The lowest BCUT2D eigenvalue weighted by Crippen LogP contribution is -2.38. The molecule has 192 valence electrons. The number of benzene rings is 2. The third kappa shape index (κ3) is 5.43. The van der Waals surface area contributed by atoms with Crippen LogP contribution in [-0.4, -0.2) is 59.1 Å². The predicted octanol–water partition coefficient (Wildman–Crippen LogP) is 5.16. The number of aromatic nitrogens is 2. The van der Waals surface area contributed by atoms with Crippen molar-refractivity contribution in [3.63, 3.8) is 0 Å². The van der Waals surface area contributed by atoms with Gasteiger partial charge in [-0.05, 0) is 75.4 Å². The summed E-state index contributed by atoms with van der Waals surface area (Å²) in [5.41, 5.74) is 4.43. The zero-order valence-electron chi connectivity index (χ0n) is 21.3. The fraction of sp³-hybridized carbons (Fsp3) is 0.429.